The first kappa shape index (κ1) is 14.6. The molecule has 0 saturated heterocycles. The van der Waals surface area contributed by atoms with Crippen LogP contribution < -0.4 is 5.32 Å². The largest absolute Gasteiger partial charge is 0.313 e. The summed E-state index contributed by atoms with van der Waals surface area (Å²) >= 11 is 9.72. The van der Waals surface area contributed by atoms with E-state index in [-0.39, 0.29) is 0 Å². The normalized spacial score (nSPS) is 19.8. The molecule has 0 fully saturated rings. The lowest BCUT2D eigenvalue weighted by molar-refractivity contribution is 0.400. The van der Waals surface area contributed by atoms with E-state index < -0.39 is 0 Å². The summed E-state index contributed by atoms with van der Waals surface area (Å²) in [6, 6.07) is 7.06. The Hall–Kier alpha value is -0.350. The van der Waals surface area contributed by atoms with E-state index in [1.165, 1.54) is 24.1 Å². The average molecular weight is 326 g/mol. The minimum atomic E-state index is 0.531. The molecule has 0 radical (unpaired) electrons. The average Bonchev–Trinajstić information content (AvgIpc) is 3.06. The van der Waals surface area contributed by atoms with Crippen LogP contribution in [0.15, 0.2) is 23.6 Å². The molecule has 1 aliphatic carbocycles. The van der Waals surface area contributed by atoms with Crippen LogP contribution in [0.5, 0.6) is 0 Å². The zero-order chi connectivity index (χ0) is 13.9. The third kappa shape index (κ3) is 3.11. The van der Waals surface area contributed by atoms with Crippen molar-refractivity contribution in [3.05, 3.63) is 43.2 Å². The lowest BCUT2D eigenvalue weighted by Gasteiger charge is -2.31. The zero-order valence-corrected chi connectivity index (χ0v) is 14.1. The number of nitrogens with one attached hydrogen (secondary N) is 1. The molecule has 2 heterocycles. The Labute approximate surface area is 134 Å². The minimum absolute atomic E-state index is 0.531. The van der Waals surface area contributed by atoms with Crippen LogP contribution in [0.3, 0.4) is 0 Å². The van der Waals surface area contributed by atoms with Gasteiger partial charge < -0.3 is 5.32 Å². The van der Waals surface area contributed by atoms with Gasteiger partial charge in [-0.1, -0.05) is 18.5 Å². The van der Waals surface area contributed by atoms with E-state index in [2.05, 4.69) is 29.8 Å². The third-order valence-corrected chi connectivity index (χ3v) is 6.35. The summed E-state index contributed by atoms with van der Waals surface area (Å²) < 4.78 is 0.898. The summed E-state index contributed by atoms with van der Waals surface area (Å²) in [7, 11) is 0. The van der Waals surface area contributed by atoms with Gasteiger partial charge in [-0.25, -0.2) is 0 Å². The maximum atomic E-state index is 6.07. The topological polar surface area (TPSA) is 12.0 Å². The van der Waals surface area contributed by atoms with Crippen LogP contribution in [0.25, 0.3) is 0 Å². The van der Waals surface area contributed by atoms with Crippen LogP contribution in [0, 0.1) is 0 Å². The molecule has 3 rings (SSSR count). The Morgan fingerprint density at radius 2 is 2.30 bits per heavy atom. The number of rotatable bonds is 5. The number of halogens is 1. The molecule has 2 aromatic rings. The van der Waals surface area contributed by atoms with Gasteiger partial charge in [-0.2, -0.15) is 0 Å². The molecular weight excluding hydrogens is 306 g/mol. The number of fused-ring (bicyclic) bond motifs is 1. The van der Waals surface area contributed by atoms with Gasteiger partial charge in [0, 0.05) is 21.7 Å². The van der Waals surface area contributed by atoms with E-state index in [9.17, 15) is 0 Å². The zero-order valence-electron chi connectivity index (χ0n) is 11.7. The minimum Gasteiger partial charge on any atom is -0.313 e. The number of likely N-dealkylation sites (N-methyl/N-ethyl adjacent to an activating group) is 1. The molecule has 1 nitrogen and oxygen atoms in total. The van der Waals surface area contributed by atoms with Gasteiger partial charge in [0.05, 0.1) is 4.34 Å². The van der Waals surface area contributed by atoms with Gasteiger partial charge in [-0.15, -0.1) is 22.7 Å². The fraction of sp³-hybridized carbons (Fsp3) is 0.500. The van der Waals surface area contributed by atoms with Crippen LogP contribution in [-0.4, -0.2) is 12.6 Å². The Morgan fingerprint density at radius 1 is 1.40 bits per heavy atom. The van der Waals surface area contributed by atoms with Crippen molar-refractivity contribution >= 4 is 34.3 Å². The molecule has 1 N–H and O–H groups in total. The van der Waals surface area contributed by atoms with E-state index in [1.54, 1.807) is 21.8 Å². The third-order valence-electron chi connectivity index (χ3n) is 4.10. The first-order valence-corrected chi connectivity index (χ1v) is 9.39. The van der Waals surface area contributed by atoms with Crippen molar-refractivity contribution in [3.8, 4) is 0 Å². The second-order valence-corrected chi connectivity index (χ2v) is 8.17. The van der Waals surface area contributed by atoms with Gasteiger partial charge in [-0.05, 0) is 61.4 Å². The van der Waals surface area contributed by atoms with Crippen LogP contribution in [0.2, 0.25) is 4.34 Å². The van der Waals surface area contributed by atoms with E-state index in [1.807, 2.05) is 17.4 Å². The molecule has 108 valence electrons. The van der Waals surface area contributed by atoms with Crippen molar-refractivity contribution in [2.75, 3.05) is 6.54 Å². The molecule has 0 aliphatic heterocycles. The second kappa shape index (κ2) is 6.61. The van der Waals surface area contributed by atoms with E-state index >= 15 is 0 Å². The van der Waals surface area contributed by atoms with Gasteiger partial charge >= 0.3 is 0 Å². The summed E-state index contributed by atoms with van der Waals surface area (Å²) in [5.41, 5.74) is 1.59. The molecule has 0 amide bonds. The lowest BCUT2D eigenvalue weighted by Crippen LogP contribution is -2.37. The molecule has 0 bridgehead atoms. The molecule has 4 heteroatoms. The van der Waals surface area contributed by atoms with Gasteiger partial charge in [-0.3, -0.25) is 0 Å². The highest BCUT2D eigenvalue weighted by Crippen LogP contribution is 2.38. The maximum Gasteiger partial charge on any atom is 0.0931 e. The monoisotopic (exact) mass is 325 g/mol. The van der Waals surface area contributed by atoms with Crippen molar-refractivity contribution in [1.82, 2.24) is 5.32 Å². The van der Waals surface area contributed by atoms with Crippen LogP contribution in [0.4, 0.5) is 0 Å². The van der Waals surface area contributed by atoms with Gasteiger partial charge in [0.1, 0.15) is 0 Å². The Bertz CT molecular complexity index is 560. The fourth-order valence-corrected chi connectivity index (χ4v) is 5.38. The van der Waals surface area contributed by atoms with E-state index in [0.29, 0.717) is 12.0 Å². The predicted molar refractivity (Wildman–Crippen MR) is 90.5 cm³/mol. The van der Waals surface area contributed by atoms with Gasteiger partial charge in [0.15, 0.2) is 0 Å². The summed E-state index contributed by atoms with van der Waals surface area (Å²) in [5.74, 6) is 0.658. The molecule has 2 aromatic heterocycles. The first-order valence-electron chi connectivity index (χ1n) is 7.31. The van der Waals surface area contributed by atoms with Gasteiger partial charge in [0.2, 0.25) is 0 Å². The smallest absolute Gasteiger partial charge is 0.0931 e. The molecular formula is C16H20ClNS2. The molecule has 0 saturated carbocycles. The molecule has 0 aromatic carbocycles. The van der Waals surface area contributed by atoms with Crippen LogP contribution in [0.1, 0.15) is 41.0 Å². The molecule has 2 unspecified atom stereocenters. The quantitative estimate of drug-likeness (QED) is 0.806. The van der Waals surface area contributed by atoms with Crippen molar-refractivity contribution in [2.45, 2.75) is 44.6 Å². The van der Waals surface area contributed by atoms with Crippen LogP contribution in [-0.2, 0) is 12.8 Å². The Morgan fingerprint density at radius 3 is 3.05 bits per heavy atom. The second-order valence-electron chi connectivity index (χ2n) is 5.37. The molecule has 2 atom stereocenters. The van der Waals surface area contributed by atoms with Gasteiger partial charge in [0.25, 0.3) is 0 Å². The highest BCUT2D eigenvalue weighted by atomic mass is 35.5. The SMILES string of the molecule is CCNC(Cc1ccc(Cl)s1)C1CCCc2sccc21. The summed E-state index contributed by atoms with van der Waals surface area (Å²) in [6.07, 6.45) is 4.99. The first-order chi connectivity index (χ1) is 9.78. The Kier molecular flexibility index (Phi) is 4.82. The van der Waals surface area contributed by atoms with Crippen molar-refractivity contribution in [2.24, 2.45) is 0 Å². The van der Waals surface area contributed by atoms with E-state index in [4.69, 9.17) is 11.6 Å². The van der Waals surface area contributed by atoms with Crippen molar-refractivity contribution in [3.63, 3.8) is 0 Å². The number of hydrogen-bond donors (Lipinski definition) is 1. The Balaban J connectivity index is 1.81. The highest BCUT2D eigenvalue weighted by molar-refractivity contribution is 7.16. The maximum absolute atomic E-state index is 6.07. The van der Waals surface area contributed by atoms with Crippen molar-refractivity contribution in [1.29, 1.82) is 0 Å². The number of thiophene rings is 2. The van der Waals surface area contributed by atoms with Crippen LogP contribution >= 0.6 is 34.3 Å². The lowest BCUT2D eigenvalue weighted by atomic mass is 9.81. The summed E-state index contributed by atoms with van der Waals surface area (Å²) in [4.78, 5) is 3.00. The highest BCUT2D eigenvalue weighted by Gasteiger charge is 2.28. The standard InChI is InChI=1S/C16H20ClNS2/c1-2-18-14(10-11-6-7-16(17)20-11)12-4-3-5-15-13(12)8-9-19-15/h6-9,12,14,18H,2-5,10H2,1H3. The number of aryl methyl sites for hydroxylation is 1. The number of hydrogen-bond acceptors (Lipinski definition) is 3. The summed E-state index contributed by atoms with van der Waals surface area (Å²) in [5, 5.41) is 5.97. The van der Waals surface area contributed by atoms with E-state index in [0.717, 1.165) is 17.3 Å². The molecule has 1 aliphatic rings. The van der Waals surface area contributed by atoms with Crippen molar-refractivity contribution < 1.29 is 0 Å². The molecule has 20 heavy (non-hydrogen) atoms. The predicted octanol–water partition coefficient (Wildman–Crippen LogP) is 5.10. The summed E-state index contributed by atoms with van der Waals surface area (Å²) in [6.45, 7) is 3.23. The molecule has 0 spiro atoms. The fourth-order valence-electron chi connectivity index (χ4n) is 3.24.